The first-order valence-electron chi connectivity index (χ1n) is 10.3. The Bertz CT molecular complexity index is 1450. The predicted molar refractivity (Wildman–Crippen MR) is 134 cm³/mol. The molecule has 0 bridgehead atoms. The third-order valence-electron chi connectivity index (χ3n) is 5.13. The van der Waals surface area contributed by atoms with E-state index in [0.717, 1.165) is 33.1 Å². The molecule has 0 aliphatic rings. The summed E-state index contributed by atoms with van der Waals surface area (Å²) in [6.07, 6.45) is 0. The molecule has 0 N–H and O–H groups in total. The lowest BCUT2D eigenvalue weighted by Crippen LogP contribution is -2.22. The largest absolute Gasteiger partial charge is 0.268 e. The molecule has 4 nitrogen and oxygen atoms in total. The highest BCUT2D eigenvalue weighted by atomic mass is 32.2. The van der Waals surface area contributed by atoms with Gasteiger partial charge in [-0.25, -0.2) is 9.97 Å². The number of thioether (sulfide) groups is 1. The summed E-state index contributed by atoms with van der Waals surface area (Å²) in [5.74, 6) is 0.638. The molecule has 0 aliphatic heterocycles. The summed E-state index contributed by atoms with van der Waals surface area (Å²) in [5, 5.41) is 4.37. The molecule has 0 amide bonds. The number of rotatable bonds is 5. The summed E-state index contributed by atoms with van der Waals surface area (Å²) in [6, 6.07) is 23.9. The number of fused-ring (bicyclic) bond motifs is 1. The van der Waals surface area contributed by atoms with Crippen molar-refractivity contribution in [3.8, 4) is 16.3 Å². The average Bonchev–Trinajstić information content (AvgIpc) is 3.27. The normalized spacial score (nSPS) is 11.2. The third-order valence-corrected chi connectivity index (χ3v) is 7.04. The number of para-hydroxylation sites is 1. The molecule has 0 saturated heterocycles. The van der Waals surface area contributed by atoms with Gasteiger partial charge in [0, 0.05) is 16.7 Å². The maximum absolute atomic E-state index is 13.5. The fourth-order valence-corrected chi connectivity index (χ4v) is 5.58. The van der Waals surface area contributed by atoms with Crippen molar-refractivity contribution in [1.82, 2.24) is 14.5 Å². The summed E-state index contributed by atoms with van der Waals surface area (Å²) in [4.78, 5) is 23.1. The lowest BCUT2D eigenvalue weighted by atomic mass is 10.1. The van der Waals surface area contributed by atoms with Crippen LogP contribution in [0, 0.1) is 13.8 Å². The van der Waals surface area contributed by atoms with Crippen LogP contribution in [0.15, 0.2) is 88.1 Å². The maximum atomic E-state index is 13.5. The van der Waals surface area contributed by atoms with Crippen LogP contribution in [-0.4, -0.2) is 14.5 Å². The van der Waals surface area contributed by atoms with Gasteiger partial charge in [0.25, 0.3) is 5.56 Å². The van der Waals surface area contributed by atoms with E-state index in [0.29, 0.717) is 21.8 Å². The standard InChI is InChI=1S/C26H21N3OS2/c1-17-12-18(2)14-21(13-17)29-25(30)22-10-6-7-11-23(22)28-26(29)32-16-20-15-31-24(27-20)19-8-4-3-5-9-19/h3-15H,16H2,1-2H3. The van der Waals surface area contributed by atoms with Crippen molar-refractivity contribution in [2.24, 2.45) is 0 Å². The van der Waals surface area contributed by atoms with Crippen LogP contribution < -0.4 is 5.56 Å². The number of hydrogen-bond acceptors (Lipinski definition) is 5. The Kier molecular flexibility index (Phi) is 5.64. The summed E-state index contributed by atoms with van der Waals surface area (Å²) >= 11 is 3.17. The van der Waals surface area contributed by atoms with Crippen LogP contribution in [0.3, 0.4) is 0 Å². The Labute approximate surface area is 194 Å². The first-order valence-corrected chi connectivity index (χ1v) is 12.2. The van der Waals surface area contributed by atoms with Crippen LogP contribution >= 0.6 is 23.1 Å². The van der Waals surface area contributed by atoms with Gasteiger partial charge in [-0.15, -0.1) is 11.3 Å². The monoisotopic (exact) mass is 455 g/mol. The molecule has 0 fully saturated rings. The fourth-order valence-electron chi connectivity index (χ4n) is 3.74. The van der Waals surface area contributed by atoms with Gasteiger partial charge in [-0.2, -0.15) is 0 Å². The zero-order valence-electron chi connectivity index (χ0n) is 17.8. The van der Waals surface area contributed by atoms with Crippen molar-refractivity contribution in [2.45, 2.75) is 24.8 Å². The van der Waals surface area contributed by atoms with Gasteiger partial charge in [0.1, 0.15) is 5.01 Å². The molecule has 2 aromatic heterocycles. The Morgan fingerprint density at radius 3 is 2.41 bits per heavy atom. The minimum Gasteiger partial charge on any atom is -0.268 e. The maximum Gasteiger partial charge on any atom is 0.266 e. The van der Waals surface area contributed by atoms with Crippen LogP contribution in [-0.2, 0) is 5.75 Å². The highest BCUT2D eigenvalue weighted by Crippen LogP contribution is 2.29. The minimum absolute atomic E-state index is 0.0497. The van der Waals surface area contributed by atoms with E-state index in [9.17, 15) is 4.79 Å². The molecule has 3 aromatic carbocycles. The van der Waals surface area contributed by atoms with Gasteiger partial charge in [0.05, 0.1) is 22.3 Å². The van der Waals surface area contributed by atoms with Crippen molar-refractivity contribution >= 4 is 34.0 Å². The minimum atomic E-state index is -0.0497. The molecule has 0 unspecified atom stereocenters. The molecule has 6 heteroatoms. The number of hydrogen-bond donors (Lipinski definition) is 0. The van der Waals surface area contributed by atoms with Crippen molar-refractivity contribution < 1.29 is 0 Å². The summed E-state index contributed by atoms with van der Waals surface area (Å²) in [7, 11) is 0. The second-order valence-corrected chi connectivity index (χ2v) is 9.50. The quantitative estimate of drug-likeness (QED) is 0.227. The molecular formula is C26H21N3OS2. The second-order valence-electron chi connectivity index (χ2n) is 7.70. The van der Waals surface area contributed by atoms with E-state index in [1.807, 2.05) is 68.4 Å². The molecular weight excluding hydrogens is 434 g/mol. The Morgan fingerprint density at radius 2 is 1.62 bits per heavy atom. The zero-order chi connectivity index (χ0) is 22.1. The SMILES string of the molecule is Cc1cc(C)cc(-n2c(SCc3csc(-c4ccccc4)n3)nc3ccccc3c2=O)c1. The van der Waals surface area contributed by atoms with Crippen LogP contribution in [0.1, 0.15) is 16.8 Å². The van der Waals surface area contributed by atoms with E-state index in [4.69, 9.17) is 9.97 Å². The lowest BCUT2D eigenvalue weighted by molar-refractivity contribution is 0.817. The Morgan fingerprint density at radius 1 is 0.906 bits per heavy atom. The number of aromatic nitrogens is 3. The van der Waals surface area contributed by atoms with Crippen molar-refractivity contribution in [3.63, 3.8) is 0 Å². The van der Waals surface area contributed by atoms with Gasteiger partial charge >= 0.3 is 0 Å². The van der Waals surface area contributed by atoms with Gasteiger partial charge < -0.3 is 0 Å². The molecule has 0 aliphatic carbocycles. The molecule has 5 rings (SSSR count). The Balaban J connectivity index is 1.55. The molecule has 5 aromatic rings. The molecule has 158 valence electrons. The van der Waals surface area contributed by atoms with Gasteiger partial charge in [0.15, 0.2) is 5.16 Å². The van der Waals surface area contributed by atoms with Crippen LogP contribution in [0.2, 0.25) is 0 Å². The molecule has 0 atom stereocenters. The zero-order valence-corrected chi connectivity index (χ0v) is 19.4. The van der Waals surface area contributed by atoms with E-state index in [-0.39, 0.29) is 5.56 Å². The van der Waals surface area contributed by atoms with E-state index in [1.165, 1.54) is 0 Å². The van der Waals surface area contributed by atoms with E-state index >= 15 is 0 Å². The van der Waals surface area contributed by atoms with Crippen LogP contribution in [0.25, 0.3) is 27.2 Å². The van der Waals surface area contributed by atoms with Crippen molar-refractivity contribution in [3.05, 3.63) is 105 Å². The highest BCUT2D eigenvalue weighted by Gasteiger charge is 2.15. The molecule has 2 heterocycles. The molecule has 0 radical (unpaired) electrons. The molecule has 0 saturated carbocycles. The summed E-state index contributed by atoms with van der Waals surface area (Å²) < 4.78 is 1.73. The lowest BCUT2D eigenvalue weighted by Gasteiger charge is -2.14. The van der Waals surface area contributed by atoms with Gasteiger partial charge in [-0.1, -0.05) is 60.3 Å². The smallest absolute Gasteiger partial charge is 0.266 e. The predicted octanol–water partition coefficient (Wildman–Crippen LogP) is 6.42. The van der Waals surface area contributed by atoms with Crippen molar-refractivity contribution in [1.29, 1.82) is 0 Å². The third kappa shape index (κ3) is 4.11. The van der Waals surface area contributed by atoms with Crippen LogP contribution in [0.5, 0.6) is 0 Å². The van der Waals surface area contributed by atoms with Crippen molar-refractivity contribution in [2.75, 3.05) is 0 Å². The number of benzene rings is 3. The van der Waals surface area contributed by atoms with Crippen LogP contribution in [0.4, 0.5) is 0 Å². The highest BCUT2D eigenvalue weighted by molar-refractivity contribution is 7.98. The second kappa shape index (κ2) is 8.73. The van der Waals surface area contributed by atoms with E-state index < -0.39 is 0 Å². The number of aryl methyl sites for hydroxylation is 2. The Hall–Kier alpha value is -3.22. The van der Waals surface area contributed by atoms with E-state index in [1.54, 1.807) is 27.7 Å². The van der Waals surface area contributed by atoms with E-state index in [2.05, 4.69) is 23.6 Å². The first kappa shape index (κ1) is 20.7. The first-order chi connectivity index (χ1) is 15.6. The van der Waals surface area contributed by atoms with Gasteiger partial charge in [-0.05, 0) is 49.2 Å². The average molecular weight is 456 g/mol. The van der Waals surface area contributed by atoms with Gasteiger partial charge in [0.2, 0.25) is 0 Å². The fraction of sp³-hybridized carbons (Fsp3) is 0.115. The molecule has 0 spiro atoms. The summed E-state index contributed by atoms with van der Waals surface area (Å²) in [6.45, 7) is 4.09. The summed E-state index contributed by atoms with van der Waals surface area (Å²) in [5.41, 5.74) is 5.83. The topological polar surface area (TPSA) is 47.8 Å². The molecule has 32 heavy (non-hydrogen) atoms. The van der Waals surface area contributed by atoms with Gasteiger partial charge in [-0.3, -0.25) is 9.36 Å². The number of thiazole rings is 1. The number of nitrogens with zero attached hydrogens (tertiary/aromatic N) is 3.